The number of thiazole rings is 1. The summed E-state index contributed by atoms with van der Waals surface area (Å²) in [6.45, 7) is 0. The van der Waals surface area contributed by atoms with Crippen molar-refractivity contribution >= 4 is 28.2 Å². The van der Waals surface area contributed by atoms with Crippen LogP contribution in [0, 0.1) is 0 Å². The van der Waals surface area contributed by atoms with Crippen LogP contribution in [-0.4, -0.2) is 16.7 Å². The lowest BCUT2D eigenvalue weighted by molar-refractivity contribution is 0.0984. The van der Waals surface area contributed by atoms with Gasteiger partial charge in [-0.3, -0.25) is 14.9 Å². The average Bonchev–Trinajstić information content (AvgIpc) is 3.10. The van der Waals surface area contributed by atoms with Crippen molar-refractivity contribution in [1.82, 2.24) is 4.98 Å². The van der Waals surface area contributed by atoms with E-state index in [1.165, 1.54) is 17.5 Å². The molecule has 5 heteroatoms. The third kappa shape index (κ3) is 4.14. The fourth-order valence-corrected chi connectivity index (χ4v) is 3.02. The standard InChI is InChI=1S/C19H16N2O2S/c22-16(12-11-14-7-3-1-4-8-14)17-13-20-19(24-17)21-18(23)15-9-5-2-6-10-15/h1-10,13H,11-12H2,(H,20,21,23). The van der Waals surface area contributed by atoms with Crippen LogP contribution in [0.15, 0.2) is 66.9 Å². The highest BCUT2D eigenvalue weighted by molar-refractivity contribution is 7.17. The van der Waals surface area contributed by atoms with Crippen molar-refractivity contribution in [2.24, 2.45) is 0 Å². The van der Waals surface area contributed by atoms with Gasteiger partial charge in [0, 0.05) is 12.0 Å². The maximum Gasteiger partial charge on any atom is 0.257 e. The van der Waals surface area contributed by atoms with Crippen molar-refractivity contribution in [3.8, 4) is 0 Å². The molecule has 1 amide bonds. The maximum absolute atomic E-state index is 12.2. The highest BCUT2D eigenvalue weighted by Gasteiger charge is 2.13. The molecule has 3 aromatic rings. The molecule has 0 aliphatic heterocycles. The lowest BCUT2D eigenvalue weighted by Gasteiger charge is -2.01. The molecule has 4 nitrogen and oxygen atoms in total. The summed E-state index contributed by atoms with van der Waals surface area (Å²) in [5, 5.41) is 3.16. The third-order valence-corrected chi connectivity index (χ3v) is 4.47. The fourth-order valence-electron chi connectivity index (χ4n) is 2.25. The monoisotopic (exact) mass is 336 g/mol. The van der Waals surface area contributed by atoms with Gasteiger partial charge in [-0.2, -0.15) is 0 Å². The molecule has 0 spiro atoms. The number of aromatic nitrogens is 1. The van der Waals surface area contributed by atoms with Crippen LogP contribution in [0.2, 0.25) is 0 Å². The lowest BCUT2D eigenvalue weighted by atomic mass is 10.1. The van der Waals surface area contributed by atoms with Crippen molar-refractivity contribution in [2.75, 3.05) is 5.32 Å². The van der Waals surface area contributed by atoms with Crippen molar-refractivity contribution in [3.63, 3.8) is 0 Å². The number of anilines is 1. The summed E-state index contributed by atoms with van der Waals surface area (Å²) in [6.07, 6.45) is 2.65. The van der Waals surface area contributed by atoms with Crippen LogP contribution in [0.25, 0.3) is 0 Å². The highest BCUT2D eigenvalue weighted by atomic mass is 32.1. The van der Waals surface area contributed by atoms with E-state index in [1.807, 2.05) is 36.4 Å². The summed E-state index contributed by atoms with van der Waals surface area (Å²) in [5.74, 6) is -0.190. The van der Waals surface area contributed by atoms with Gasteiger partial charge in [-0.1, -0.05) is 59.9 Å². The summed E-state index contributed by atoms with van der Waals surface area (Å²) < 4.78 is 0. The summed E-state index contributed by atoms with van der Waals surface area (Å²) >= 11 is 1.21. The molecule has 0 aliphatic carbocycles. The Labute approximate surface area is 144 Å². The molecule has 1 heterocycles. The van der Waals surface area contributed by atoms with Crippen LogP contribution in [0.1, 0.15) is 32.0 Å². The van der Waals surface area contributed by atoms with Gasteiger partial charge in [-0.25, -0.2) is 4.98 Å². The van der Waals surface area contributed by atoms with E-state index in [0.29, 0.717) is 28.4 Å². The van der Waals surface area contributed by atoms with E-state index in [0.717, 1.165) is 5.56 Å². The van der Waals surface area contributed by atoms with Crippen molar-refractivity contribution in [1.29, 1.82) is 0 Å². The first-order valence-corrected chi connectivity index (χ1v) is 8.43. The molecule has 0 saturated carbocycles. The van der Waals surface area contributed by atoms with Crippen molar-refractivity contribution in [2.45, 2.75) is 12.8 Å². The van der Waals surface area contributed by atoms with Gasteiger partial charge in [0.2, 0.25) is 0 Å². The van der Waals surface area contributed by atoms with Crippen LogP contribution in [-0.2, 0) is 6.42 Å². The molecule has 0 unspecified atom stereocenters. The second-order valence-corrected chi connectivity index (χ2v) is 6.29. The zero-order valence-electron chi connectivity index (χ0n) is 12.9. The SMILES string of the molecule is O=C(Nc1ncc(C(=O)CCc2ccccc2)s1)c1ccccc1. The van der Waals surface area contributed by atoms with Gasteiger partial charge in [0.05, 0.1) is 11.1 Å². The number of rotatable bonds is 6. The normalized spacial score (nSPS) is 10.3. The number of hydrogen-bond acceptors (Lipinski definition) is 4. The Morgan fingerprint density at radius 1 is 0.958 bits per heavy atom. The number of nitrogens with zero attached hydrogens (tertiary/aromatic N) is 1. The van der Waals surface area contributed by atoms with E-state index < -0.39 is 0 Å². The van der Waals surface area contributed by atoms with Crippen molar-refractivity contribution < 1.29 is 9.59 Å². The van der Waals surface area contributed by atoms with Gasteiger partial charge in [-0.15, -0.1) is 0 Å². The number of aryl methyl sites for hydroxylation is 1. The zero-order valence-corrected chi connectivity index (χ0v) is 13.8. The Kier molecular flexibility index (Phi) is 5.13. The molecular formula is C19H16N2O2S. The predicted octanol–water partition coefficient (Wildman–Crippen LogP) is 4.21. The van der Waals surface area contributed by atoms with Gasteiger partial charge in [0.1, 0.15) is 0 Å². The van der Waals surface area contributed by atoms with Crippen LogP contribution >= 0.6 is 11.3 Å². The Morgan fingerprint density at radius 3 is 2.33 bits per heavy atom. The lowest BCUT2D eigenvalue weighted by Crippen LogP contribution is -2.11. The minimum absolute atomic E-state index is 0.0385. The minimum atomic E-state index is -0.228. The molecule has 0 fully saturated rings. The van der Waals surface area contributed by atoms with Crippen molar-refractivity contribution in [3.05, 3.63) is 82.9 Å². The Hall–Kier alpha value is -2.79. The van der Waals surface area contributed by atoms with E-state index in [4.69, 9.17) is 0 Å². The number of Topliss-reactive ketones (excluding diaryl/α,β-unsaturated/α-hetero) is 1. The largest absolute Gasteiger partial charge is 0.298 e. The number of nitrogens with one attached hydrogen (secondary N) is 1. The predicted molar refractivity (Wildman–Crippen MR) is 95.6 cm³/mol. The number of hydrogen-bond donors (Lipinski definition) is 1. The first-order chi connectivity index (χ1) is 11.7. The molecular weight excluding hydrogens is 320 g/mol. The second-order valence-electron chi connectivity index (χ2n) is 5.26. The molecule has 0 saturated heterocycles. The molecule has 0 bridgehead atoms. The van der Waals surface area contributed by atoms with E-state index in [-0.39, 0.29) is 11.7 Å². The molecule has 0 atom stereocenters. The van der Waals surface area contributed by atoms with Crippen LogP contribution in [0.5, 0.6) is 0 Å². The Bertz CT molecular complexity index is 829. The number of carbonyl (C=O) groups is 2. The summed E-state index contributed by atoms with van der Waals surface area (Å²) in [5.41, 5.74) is 1.69. The summed E-state index contributed by atoms with van der Waals surface area (Å²) in [6, 6.07) is 18.8. The molecule has 1 N–H and O–H groups in total. The fraction of sp³-hybridized carbons (Fsp3) is 0.105. The summed E-state index contributed by atoms with van der Waals surface area (Å²) in [4.78, 5) is 29.0. The van der Waals surface area contributed by atoms with Gasteiger partial charge in [0.15, 0.2) is 10.9 Å². The van der Waals surface area contributed by atoms with Crippen LogP contribution in [0.3, 0.4) is 0 Å². The summed E-state index contributed by atoms with van der Waals surface area (Å²) in [7, 11) is 0. The highest BCUT2D eigenvalue weighted by Crippen LogP contribution is 2.21. The quantitative estimate of drug-likeness (QED) is 0.686. The average molecular weight is 336 g/mol. The van der Waals surface area contributed by atoms with E-state index in [9.17, 15) is 9.59 Å². The van der Waals surface area contributed by atoms with Gasteiger partial charge in [0.25, 0.3) is 5.91 Å². The molecule has 2 aromatic carbocycles. The molecule has 1 aromatic heterocycles. The Balaban J connectivity index is 1.58. The number of carbonyl (C=O) groups excluding carboxylic acids is 2. The van der Waals surface area contributed by atoms with Gasteiger partial charge in [-0.05, 0) is 24.1 Å². The molecule has 3 rings (SSSR count). The topological polar surface area (TPSA) is 59.1 Å². The molecule has 120 valence electrons. The van der Waals surface area contributed by atoms with Gasteiger partial charge < -0.3 is 0 Å². The first-order valence-electron chi connectivity index (χ1n) is 7.62. The van der Waals surface area contributed by atoms with Crippen LogP contribution in [0.4, 0.5) is 5.13 Å². The third-order valence-electron chi connectivity index (χ3n) is 3.52. The van der Waals surface area contributed by atoms with Gasteiger partial charge >= 0.3 is 0 Å². The minimum Gasteiger partial charge on any atom is -0.298 e. The number of benzene rings is 2. The van der Waals surface area contributed by atoms with E-state index >= 15 is 0 Å². The second kappa shape index (κ2) is 7.66. The number of amides is 1. The smallest absolute Gasteiger partial charge is 0.257 e. The zero-order chi connectivity index (χ0) is 16.8. The maximum atomic E-state index is 12.2. The van der Waals surface area contributed by atoms with Crippen LogP contribution < -0.4 is 5.32 Å². The molecule has 0 aliphatic rings. The van der Waals surface area contributed by atoms with E-state index in [2.05, 4.69) is 10.3 Å². The number of ketones is 1. The first kappa shape index (κ1) is 16.1. The van der Waals surface area contributed by atoms with E-state index in [1.54, 1.807) is 24.3 Å². The Morgan fingerprint density at radius 2 is 1.62 bits per heavy atom. The molecule has 24 heavy (non-hydrogen) atoms. The molecule has 0 radical (unpaired) electrons.